The van der Waals surface area contributed by atoms with Gasteiger partial charge in [0.15, 0.2) is 5.82 Å². The number of halogens is 1. The lowest BCUT2D eigenvalue weighted by molar-refractivity contribution is 0.0602. The zero-order valence-electron chi connectivity index (χ0n) is 11.1. The molecule has 7 heteroatoms. The summed E-state index contributed by atoms with van der Waals surface area (Å²) >= 11 is 5.91. The van der Waals surface area contributed by atoms with Crippen molar-refractivity contribution in [2.75, 3.05) is 18.2 Å². The molecule has 1 aromatic carbocycles. The van der Waals surface area contributed by atoms with E-state index in [1.807, 2.05) is 6.07 Å². The molecule has 2 rings (SSSR count). The van der Waals surface area contributed by atoms with Gasteiger partial charge in [0.1, 0.15) is 6.07 Å². The number of carbonyl (C=O) groups is 1. The number of nitrogen functional groups attached to an aromatic ring is 1. The number of ether oxygens (including phenoxy) is 1. The number of pyridine rings is 1. The van der Waals surface area contributed by atoms with Crippen LogP contribution in [0.3, 0.4) is 0 Å². The third-order valence-corrected chi connectivity index (χ3v) is 2.99. The molecule has 3 N–H and O–H groups in total. The molecule has 0 bridgehead atoms. The Morgan fingerprint density at radius 3 is 2.90 bits per heavy atom. The van der Waals surface area contributed by atoms with Crippen LogP contribution in [0.5, 0.6) is 0 Å². The molecule has 0 saturated heterocycles. The van der Waals surface area contributed by atoms with Crippen molar-refractivity contribution in [2.24, 2.45) is 0 Å². The predicted molar refractivity (Wildman–Crippen MR) is 79.4 cm³/mol. The topological polar surface area (TPSA) is 101 Å². The third-order valence-electron chi connectivity index (χ3n) is 2.75. The van der Waals surface area contributed by atoms with Crippen LogP contribution in [0, 0.1) is 11.3 Å². The maximum Gasteiger partial charge on any atom is 0.340 e. The van der Waals surface area contributed by atoms with E-state index < -0.39 is 5.97 Å². The summed E-state index contributed by atoms with van der Waals surface area (Å²) in [6, 6.07) is 8.24. The van der Waals surface area contributed by atoms with Gasteiger partial charge >= 0.3 is 5.97 Å². The van der Waals surface area contributed by atoms with Gasteiger partial charge in [-0.1, -0.05) is 11.6 Å². The van der Waals surface area contributed by atoms with E-state index in [-0.39, 0.29) is 17.1 Å². The number of rotatable bonds is 3. The number of nitrogens with one attached hydrogen (secondary N) is 1. The molecular formula is C14H11ClN4O2. The first-order chi connectivity index (χ1) is 10.1. The predicted octanol–water partition coefficient (Wildman–Crippen LogP) is 2.72. The highest BCUT2D eigenvalue weighted by Gasteiger charge is 2.15. The molecule has 1 heterocycles. The minimum absolute atomic E-state index is 0.133. The maximum atomic E-state index is 11.6. The average Bonchev–Trinajstić information content (AvgIpc) is 2.49. The van der Waals surface area contributed by atoms with Crippen LogP contribution in [0.15, 0.2) is 30.5 Å². The summed E-state index contributed by atoms with van der Waals surface area (Å²) in [5.41, 5.74) is 7.05. The summed E-state index contributed by atoms with van der Waals surface area (Å²) in [4.78, 5) is 15.6. The molecule has 0 radical (unpaired) electrons. The second-order valence-corrected chi connectivity index (χ2v) is 4.48. The van der Waals surface area contributed by atoms with Crippen molar-refractivity contribution in [3.8, 4) is 6.07 Å². The Morgan fingerprint density at radius 1 is 1.48 bits per heavy atom. The minimum atomic E-state index is -0.565. The van der Waals surface area contributed by atoms with Gasteiger partial charge < -0.3 is 15.8 Å². The number of carbonyl (C=O) groups excluding carboxylic acids is 1. The summed E-state index contributed by atoms with van der Waals surface area (Å²) < 4.78 is 4.64. The van der Waals surface area contributed by atoms with Crippen LogP contribution >= 0.6 is 11.6 Å². The van der Waals surface area contributed by atoms with Crippen molar-refractivity contribution in [3.63, 3.8) is 0 Å². The molecule has 0 atom stereocenters. The lowest BCUT2D eigenvalue weighted by Crippen LogP contribution is -2.09. The summed E-state index contributed by atoms with van der Waals surface area (Å²) in [5.74, 6) is -0.318. The SMILES string of the molecule is COC(=O)c1ccnc(Nc2cc(Cl)ccc2C#N)c1N. The first-order valence-electron chi connectivity index (χ1n) is 5.86. The largest absolute Gasteiger partial charge is 0.465 e. The van der Waals surface area contributed by atoms with Crippen LogP contribution in [-0.4, -0.2) is 18.1 Å². The Kier molecular flexibility index (Phi) is 4.26. The molecule has 0 saturated carbocycles. The van der Waals surface area contributed by atoms with Crippen LogP contribution in [0.1, 0.15) is 15.9 Å². The normalized spacial score (nSPS) is 9.76. The molecule has 0 amide bonds. The fourth-order valence-corrected chi connectivity index (χ4v) is 1.88. The van der Waals surface area contributed by atoms with E-state index in [1.165, 1.54) is 19.4 Å². The van der Waals surface area contributed by atoms with Crippen molar-refractivity contribution in [2.45, 2.75) is 0 Å². The Balaban J connectivity index is 2.44. The number of methoxy groups -OCH3 is 1. The summed E-state index contributed by atoms with van der Waals surface area (Å²) in [5, 5.41) is 12.4. The van der Waals surface area contributed by atoms with E-state index in [0.717, 1.165) is 0 Å². The van der Waals surface area contributed by atoms with Gasteiger partial charge in [-0.05, 0) is 24.3 Å². The van der Waals surface area contributed by atoms with Gasteiger partial charge in [-0.25, -0.2) is 9.78 Å². The lowest BCUT2D eigenvalue weighted by Gasteiger charge is -2.12. The Hall–Kier alpha value is -2.78. The number of aromatic nitrogens is 1. The highest BCUT2D eigenvalue weighted by Crippen LogP contribution is 2.28. The van der Waals surface area contributed by atoms with E-state index in [1.54, 1.807) is 18.2 Å². The molecule has 106 valence electrons. The van der Waals surface area contributed by atoms with E-state index in [0.29, 0.717) is 16.3 Å². The number of hydrogen-bond donors (Lipinski definition) is 2. The van der Waals surface area contributed by atoms with Gasteiger partial charge in [-0.2, -0.15) is 5.26 Å². The van der Waals surface area contributed by atoms with Crippen molar-refractivity contribution >= 4 is 34.8 Å². The monoisotopic (exact) mass is 302 g/mol. The molecule has 0 aliphatic heterocycles. The first kappa shape index (κ1) is 14.6. The van der Waals surface area contributed by atoms with Crippen molar-refractivity contribution < 1.29 is 9.53 Å². The van der Waals surface area contributed by atoms with E-state index in [4.69, 9.17) is 22.6 Å². The van der Waals surface area contributed by atoms with E-state index in [2.05, 4.69) is 15.0 Å². The highest BCUT2D eigenvalue weighted by atomic mass is 35.5. The van der Waals surface area contributed by atoms with Crippen molar-refractivity contribution in [1.29, 1.82) is 5.26 Å². The van der Waals surface area contributed by atoms with Crippen LogP contribution in [0.2, 0.25) is 5.02 Å². The second kappa shape index (κ2) is 6.11. The fraction of sp³-hybridized carbons (Fsp3) is 0.0714. The molecule has 6 nitrogen and oxygen atoms in total. The number of benzene rings is 1. The Bertz CT molecular complexity index is 740. The van der Waals surface area contributed by atoms with Crippen molar-refractivity contribution in [3.05, 3.63) is 46.6 Å². The summed E-state index contributed by atoms with van der Waals surface area (Å²) in [7, 11) is 1.26. The number of anilines is 3. The van der Waals surface area contributed by atoms with Crippen molar-refractivity contribution in [1.82, 2.24) is 4.98 Å². The smallest absolute Gasteiger partial charge is 0.340 e. The molecular weight excluding hydrogens is 292 g/mol. The number of nitrogens with two attached hydrogens (primary N) is 1. The number of hydrogen-bond acceptors (Lipinski definition) is 6. The van der Waals surface area contributed by atoms with Crippen LogP contribution < -0.4 is 11.1 Å². The Morgan fingerprint density at radius 2 is 2.24 bits per heavy atom. The van der Waals surface area contributed by atoms with Gasteiger partial charge in [-0.3, -0.25) is 0 Å². The highest BCUT2D eigenvalue weighted by molar-refractivity contribution is 6.30. The molecule has 0 fully saturated rings. The number of esters is 1. The van der Waals surface area contributed by atoms with Gasteiger partial charge in [0.05, 0.1) is 29.6 Å². The van der Waals surface area contributed by atoms with E-state index in [9.17, 15) is 4.79 Å². The first-order valence-corrected chi connectivity index (χ1v) is 6.24. The van der Waals surface area contributed by atoms with Gasteiger partial charge in [-0.15, -0.1) is 0 Å². The standard InChI is InChI=1S/C14H11ClN4O2/c1-21-14(20)10-4-5-18-13(12(10)17)19-11-6-9(15)3-2-8(11)7-16/h2-6H,17H2,1H3,(H,18,19). The van der Waals surface area contributed by atoms with Crippen LogP contribution in [0.25, 0.3) is 0 Å². The molecule has 0 aliphatic carbocycles. The fourth-order valence-electron chi connectivity index (χ4n) is 1.71. The number of nitrogens with zero attached hydrogens (tertiary/aromatic N) is 2. The van der Waals surface area contributed by atoms with Gasteiger partial charge in [0.25, 0.3) is 0 Å². The van der Waals surface area contributed by atoms with E-state index >= 15 is 0 Å². The average molecular weight is 303 g/mol. The minimum Gasteiger partial charge on any atom is -0.465 e. The van der Waals surface area contributed by atoms with Gasteiger partial charge in [0.2, 0.25) is 0 Å². The van der Waals surface area contributed by atoms with Crippen LogP contribution in [-0.2, 0) is 4.74 Å². The maximum absolute atomic E-state index is 11.6. The Labute approximate surface area is 126 Å². The summed E-state index contributed by atoms with van der Waals surface area (Å²) in [6.07, 6.45) is 1.42. The molecule has 0 unspecified atom stereocenters. The summed E-state index contributed by atoms with van der Waals surface area (Å²) in [6.45, 7) is 0. The van der Waals surface area contributed by atoms with Crippen LogP contribution in [0.4, 0.5) is 17.2 Å². The van der Waals surface area contributed by atoms with Gasteiger partial charge in [0, 0.05) is 11.2 Å². The molecule has 2 aromatic rings. The lowest BCUT2D eigenvalue weighted by atomic mass is 10.1. The molecule has 0 aliphatic rings. The molecule has 0 spiro atoms. The molecule has 1 aromatic heterocycles. The third kappa shape index (κ3) is 3.04. The quantitative estimate of drug-likeness (QED) is 0.845. The zero-order chi connectivity index (χ0) is 15.4. The number of nitriles is 1. The molecule has 21 heavy (non-hydrogen) atoms. The second-order valence-electron chi connectivity index (χ2n) is 4.04. The zero-order valence-corrected chi connectivity index (χ0v) is 11.8.